The number of rotatable bonds is 10. The molecule has 0 spiro atoms. The van der Waals surface area contributed by atoms with Crippen molar-refractivity contribution in [1.82, 2.24) is 10.2 Å². The normalized spacial score (nSPS) is 13.4. The Hall–Kier alpha value is -3.49. The number of hydrogen-bond acceptors (Lipinski definition) is 4. The van der Waals surface area contributed by atoms with E-state index in [1.54, 1.807) is 17.0 Å². The Morgan fingerprint density at radius 2 is 1.68 bits per heavy atom. The zero-order valence-corrected chi connectivity index (χ0v) is 21.7. The van der Waals surface area contributed by atoms with Crippen molar-refractivity contribution in [3.63, 3.8) is 0 Å². The second-order valence-corrected chi connectivity index (χ2v) is 9.10. The van der Waals surface area contributed by atoms with Gasteiger partial charge in [0.1, 0.15) is 19.0 Å². The fourth-order valence-corrected chi connectivity index (χ4v) is 4.45. The van der Waals surface area contributed by atoms with E-state index in [0.717, 1.165) is 29.3 Å². The molecule has 0 fully saturated rings. The van der Waals surface area contributed by atoms with Crippen LogP contribution in [0.2, 0.25) is 5.02 Å². The Morgan fingerprint density at radius 3 is 2.42 bits per heavy atom. The maximum atomic E-state index is 13.7. The highest BCUT2D eigenvalue weighted by Gasteiger charge is 2.24. The minimum atomic E-state index is -1.37. The summed E-state index contributed by atoms with van der Waals surface area (Å²) in [6.45, 7) is 3.95. The van der Waals surface area contributed by atoms with Crippen LogP contribution in [0.25, 0.3) is 5.57 Å². The first kappa shape index (κ1) is 27.5. The molecule has 0 aromatic heterocycles. The van der Waals surface area contributed by atoms with Gasteiger partial charge in [0.2, 0.25) is 5.82 Å². The van der Waals surface area contributed by atoms with Crippen molar-refractivity contribution in [2.24, 2.45) is 0 Å². The van der Waals surface area contributed by atoms with Crippen LogP contribution in [-0.4, -0.2) is 43.7 Å². The Balaban J connectivity index is 1.42. The van der Waals surface area contributed by atoms with Crippen molar-refractivity contribution < 1.29 is 27.4 Å². The van der Waals surface area contributed by atoms with Gasteiger partial charge in [-0.1, -0.05) is 41.9 Å². The Labute approximate surface area is 224 Å². The van der Waals surface area contributed by atoms with E-state index in [1.807, 2.05) is 43.3 Å². The maximum absolute atomic E-state index is 13.7. The summed E-state index contributed by atoms with van der Waals surface area (Å²) in [5.74, 6) is -3.83. The van der Waals surface area contributed by atoms with Crippen LogP contribution in [0.4, 0.5) is 13.2 Å². The molecular weight excluding hydrogens is 517 g/mol. The van der Waals surface area contributed by atoms with Crippen molar-refractivity contribution in [3.8, 4) is 11.5 Å². The van der Waals surface area contributed by atoms with Crippen molar-refractivity contribution in [2.75, 3.05) is 32.8 Å². The molecule has 9 heteroatoms. The maximum Gasteiger partial charge on any atom is 0.251 e. The largest absolute Gasteiger partial charge is 0.490 e. The van der Waals surface area contributed by atoms with Crippen LogP contribution >= 0.6 is 11.6 Å². The summed E-state index contributed by atoms with van der Waals surface area (Å²) in [6, 6.07) is 16.3. The van der Waals surface area contributed by atoms with E-state index in [2.05, 4.69) is 5.32 Å². The number of amides is 1. The number of halogens is 4. The monoisotopic (exact) mass is 544 g/mol. The minimum absolute atomic E-state index is 0.00139. The van der Waals surface area contributed by atoms with E-state index in [-0.39, 0.29) is 19.1 Å². The summed E-state index contributed by atoms with van der Waals surface area (Å²) in [4.78, 5) is 15.3. The number of likely N-dealkylation sites (N-methyl/N-ethyl adjacent to an activating group) is 1. The number of nitrogens with one attached hydrogen (secondary N) is 1. The lowest BCUT2D eigenvalue weighted by atomic mass is 9.93. The summed E-state index contributed by atoms with van der Waals surface area (Å²) >= 11 is 6.32. The molecule has 0 bridgehead atoms. The molecule has 1 aliphatic heterocycles. The topological polar surface area (TPSA) is 50.8 Å². The highest BCUT2D eigenvalue weighted by atomic mass is 35.5. The SMILES string of the molecule is CCN(Cc1ccccc1Cl)C(=O)C1=C(c2ccc(OCCOc3c(F)ccc(F)c3F)cc2)CCNC1. The van der Waals surface area contributed by atoms with Crippen molar-refractivity contribution >= 4 is 23.1 Å². The molecule has 4 rings (SSSR count). The first-order chi connectivity index (χ1) is 18.4. The number of nitrogens with zero attached hydrogens (tertiary/aromatic N) is 1. The molecule has 0 radical (unpaired) electrons. The predicted molar refractivity (Wildman–Crippen MR) is 141 cm³/mol. The first-order valence-electron chi connectivity index (χ1n) is 12.3. The molecule has 0 saturated heterocycles. The van der Waals surface area contributed by atoms with E-state index in [4.69, 9.17) is 21.1 Å². The van der Waals surface area contributed by atoms with Gasteiger partial charge >= 0.3 is 0 Å². The summed E-state index contributed by atoms with van der Waals surface area (Å²) in [5, 5.41) is 3.92. The molecule has 0 saturated carbocycles. The second-order valence-electron chi connectivity index (χ2n) is 8.69. The third-order valence-electron chi connectivity index (χ3n) is 6.27. The van der Waals surface area contributed by atoms with Crippen molar-refractivity contribution in [3.05, 3.63) is 99.8 Å². The lowest BCUT2D eigenvalue weighted by Gasteiger charge is -2.27. The number of carbonyl (C=O) groups is 1. The molecule has 38 heavy (non-hydrogen) atoms. The summed E-state index contributed by atoms with van der Waals surface area (Å²) < 4.78 is 51.3. The van der Waals surface area contributed by atoms with E-state index in [0.29, 0.717) is 48.5 Å². The van der Waals surface area contributed by atoms with E-state index in [9.17, 15) is 18.0 Å². The smallest absolute Gasteiger partial charge is 0.251 e. The molecular formula is C29H28ClF3N2O3. The fourth-order valence-electron chi connectivity index (χ4n) is 4.25. The van der Waals surface area contributed by atoms with Crippen LogP contribution in [0.5, 0.6) is 11.5 Å². The molecule has 1 amide bonds. The van der Waals surface area contributed by atoms with Gasteiger partial charge in [-0.15, -0.1) is 0 Å². The van der Waals surface area contributed by atoms with Gasteiger partial charge in [-0.05, 0) is 66.9 Å². The standard InChI is InChI=1S/C29H28ClF3N2O3/c1-2-35(18-20-5-3-4-6-24(20)30)29(36)23-17-34-14-13-22(23)19-7-9-21(10-8-19)37-15-16-38-28-26(32)12-11-25(31)27(28)33/h3-12,34H,2,13-18H2,1H3. The molecule has 0 atom stereocenters. The average molecular weight is 545 g/mol. The van der Waals surface area contributed by atoms with Gasteiger partial charge in [-0.2, -0.15) is 4.39 Å². The van der Waals surface area contributed by atoms with Crippen molar-refractivity contribution in [1.29, 1.82) is 0 Å². The Kier molecular flexibility index (Phi) is 9.31. The minimum Gasteiger partial charge on any atom is -0.490 e. The van der Waals surface area contributed by atoms with Gasteiger partial charge in [0.25, 0.3) is 5.91 Å². The van der Waals surface area contributed by atoms with E-state index >= 15 is 0 Å². The molecule has 1 heterocycles. The molecule has 0 aliphatic carbocycles. The van der Waals surface area contributed by atoms with Crippen LogP contribution in [0.1, 0.15) is 24.5 Å². The third kappa shape index (κ3) is 6.49. The molecule has 5 nitrogen and oxygen atoms in total. The van der Waals surface area contributed by atoms with Gasteiger partial charge < -0.3 is 19.7 Å². The van der Waals surface area contributed by atoms with E-state index < -0.39 is 23.2 Å². The molecule has 200 valence electrons. The first-order valence-corrected chi connectivity index (χ1v) is 12.7. The highest BCUT2D eigenvalue weighted by molar-refractivity contribution is 6.31. The van der Waals surface area contributed by atoms with Crippen LogP contribution < -0.4 is 14.8 Å². The van der Waals surface area contributed by atoms with E-state index in [1.165, 1.54) is 0 Å². The second kappa shape index (κ2) is 12.8. The Bertz CT molecular complexity index is 1310. The van der Waals surface area contributed by atoms with Crippen LogP contribution in [0.15, 0.2) is 66.2 Å². The predicted octanol–water partition coefficient (Wildman–Crippen LogP) is 6.01. The fraction of sp³-hybridized carbons (Fsp3) is 0.276. The number of carbonyl (C=O) groups excluding carboxylic acids is 1. The average Bonchev–Trinajstić information content (AvgIpc) is 2.94. The number of hydrogen-bond donors (Lipinski definition) is 1. The molecule has 0 unspecified atom stereocenters. The lowest BCUT2D eigenvalue weighted by Crippen LogP contribution is -2.37. The van der Waals surface area contributed by atoms with Crippen LogP contribution in [-0.2, 0) is 11.3 Å². The zero-order valence-electron chi connectivity index (χ0n) is 20.9. The van der Waals surface area contributed by atoms with Gasteiger partial charge in [0.15, 0.2) is 17.4 Å². The summed E-state index contributed by atoms with van der Waals surface area (Å²) in [5.41, 5.74) is 3.49. The van der Waals surface area contributed by atoms with Gasteiger partial charge in [-0.25, -0.2) is 8.78 Å². The molecule has 1 N–H and O–H groups in total. The zero-order chi connectivity index (χ0) is 27.1. The lowest BCUT2D eigenvalue weighted by molar-refractivity contribution is -0.127. The van der Waals surface area contributed by atoms with Gasteiger partial charge in [-0.3, -0.25) is 4.79 Å². The summed E-state index contributed by atoms with van der Waals surface area (Å²) in [7, 11) is 0. The van der Waals surface area contributed by atoms with Crippen LogP contribution in [0, 0.1) is 17.5 Å². The van der Waals surface area contributed by atoms with Crippen LogP contribution in [0.3, 0.4) is 0 Å². The van der Waals surface area contributed by atoms with Gasteiger partial charge in [0, 0.05) is 30.2 Å². The molecule has 1 aliphatic rings. The Morgan fingerprint density at radius 1 is 0.974 bits per heavy atom. The summed E-state index contributed by atoms with van der Waals surface area (Å²) in [6.07, 6.45) is 0.698. The number of ether oxygens (including phenoxy) is 2. The third-order valence-corrected chi connectivity index (χ3v) is 6.64. The number of benzene rings is 3. The van der Waals surface area contributed by atoms with Crippen molar-refractivity contribution in [2.45, 2.75) is 19.9 Å². The molecule has 3 aromatic carbocycles. The highest BCUT2D eigenvalue weighted by Crippen LogP contribution is 2.29. The van der Waals surface area contributed by atoms with Gasteiger partial charge in [0.05, 0.1) is 0 Å². The quantitative estimate of drug-likeness (QED) is 0.251. The molecule has 3 aromatic rings.